The third-order valence-electron chi connectivity index (χ3n) is 11.5. The largest absolute Gasteiger partial charge is 0.459 e. The molecule has 3 fully saturated rings. The monoisotopic (exact) mass is 678 g/mol. The first-order valence-electron chi connectivity index (χ1n) is 16.7. The summed E-state index contributed by atoms with van der Waals surface area (Å²) in [6, 6.07) is 16.4. The van der Waals surface area contributed by atoms with Crippen molar-refractivity contribution in [2.45, 2.75) is 104 Å². The summed E-state index contributed by atoms with van der Waals surface area (Å²) in [5, 5.41) is 25.1. The van der Waals surface area contributed by atoms with Gasteiger partial charge in [0.25, 0.3) is 0 Å². The molecule has 2 aromatic rings. The lowest BCUT2D eigenvalue weighted by atomic mass is 9.38. The Morgan fingerprint density at radius 1 is 0.776 bits per heavy atom. The Bertz CT molecular complexity index is 1610. The molecule has 3 aliphatic carbocycles. The van der Waals surface area contributed by atoms with Gasteiger partial charge in [-0.05, 0) is 49.4 Å². The van der Waals surface area contributed by atoms with Gasteiger partial charge >= 0.3 is 23.9 Å². The molecule has 3 aliphatic rings. The SMILES string of the molecule is CCC1(C)CC(OC(=O)c2ccccc2)C2C(O)(C1=O)C(OC(C)=O)CC1C(C)(C)C(OC(C)=O)C(O)C(OC(=O)c3ccccc3)C12C. The summed E-state index contributed by atoms with van der Waals surface area (Å²) in [6.07, 6.45) is -6.80. The van der Waals surface area contributed by atoms with Gasteiger partial charge < -0.3 is 29.2 Å². The predicted octanol–water partition coefficient (Wildman–Crippen LogP) is 4.46. The molecule has 0 spiro atoms. The predicted molar refractivity (Wildman–Crippen MR) is 175 cm³/mol. The number of Topliss-reactive ketones (excluding diaryl/α,β-unsaturated/α-hetero) is 1. The van der Waals surface area contributed by atoms with Crippen LogP contribution in [0.3, 0.4) is 0 Å². The fourth-order valence-electron chi connectivity index (χ4n) is 9.18. The summed E-state index contributed by atoms with van der Waals surface area (Å²) < 4.78 is 24.0. The van der Waals surface area contributed by atoms with Gasteiger partial charge in [0.05, 0.1) is 11.1 Å². The number of hydrogen-bond acceptors (Lipinski definition) is 11. The van der Waals surface area contributed by atoms with E-state index < -0.39 is 93.9 Å². The van der Waals surface area contributed by atoms with Crippen LogP contribution in [0.25, 0.3) is 0 Å². The maximum atomic E-state index is 14.7. The van der Waals surface area contributed by atoms with Crippen molar-refractivity contribution >= 4 is 29.7 Å². The van der Waals surface area contributed by atoms with E-state index in [-0.39, 0.29) is 30.4 Å². The van der Waals surface area contributed by atoms with Crippen molar-refractivity contribution in [3.63, 3.8) is 0 Å². The van der Waals surface area contributed by atoms with Crippen molar-refractivity contribution < 1.29 is 53.1 Å². The van der Waals surface area contributed by atoms with E-state index in [0.29, 0.717) is 0 Å². The van der Waals surface area contributed by atoms with Crippen LogP contribution in [0.4, 0.5) is 0 Å². The zero-order valence-corrected chi connectivity index (χ0v) is 29.0. The molecule has 0 aliphatic heterocycles. The highest BCUT2D eigenvalue weighted by Crippen LogP contribution is 2.67. The number of esters is 4. The summed E-state index contributed by atoms with van der Waals surface area (Å²) in [7, 11) is 0. The van der Waals surface area contributed by atoms with Crippen molar-refractivity contribution in [3.05, 3.63) is 71.8 Å². The molecule has 0 bridgehead atoms. The number of fused-ring (bicyclic) bond motifs is 3. The van der Waals surface area contributed by atoms with Crippen molar-refractivity contribution in [3.8, 4) is 0 Å². The minimum Gasteiger partial charge on any atom is -0.459 e. The first kappa shape index (κ1) is 36.2. The van der Waals surface area contributed by atoms with Crippen LogP contribution in [0.5, 0.6) is 0 Å². The van der Waals surface area contributed by atoms with Gasteiger partial charge in [0.15, 0.2) is 11.4 Å². The van der Waals surface area contributed by atoms with Gasteiger partial charge in [0.1, 0.15) is 30.5 Å². The Morgan fingerprint density at radius 2 is 1.29 bits per heavy atom. The summed E-state index contributed by atoms with van der Waals surface area (Å²) in [6.45, 7) is 11.1. The second kappa shape index (κ2) is 13.0. The van der Waals surface area contributed by atoms with Crippen molar-refractivity contribution in [1.29, 1.82) is 0 Å². The van der Waals surface area contributed by atoms with Crippen molar-refractivity contribution in [2.24, 2.45) is 28.1 Å². The number of aliphatic hydroxyl groups is 2. The Morgan fingerprint density at radius 3 is 1.78 bits per heavy atom. The third-order valence-corrected chi connectivity index (χ3v) is 11.5. The average Bonchev–Trinajstić information content (AvgIpc) is 3.05. The summed E-state index contributed by atoms with van der Waals surface area (Å²) >= 11 is 0. The van der Waals surface area contributed by atoms with Gasteiger partial charge in [0.2, 0.25) is 0 Å². The van der Waals surface area contributed by atoms with E-state index in [1.54, 1.807) is 95.3 Å². The van der Waals surface area contributed by atoms with Crippen LogP contribution in [0.1, 0.15) is 88.4 Å². The van der Waals surface area contributed by atoms with Crippen LogP contribution >= 0.6 is 0 Å². The zero-order valence-electron chi connectivity index (χ0n) is 29.0. The molecule has 0 aromatic heterocycles. The molecule has 49 heavy (non-hydrogen) atoms. The van der Waals surface area contributed by atoms with E-state index in [9.17, 15) is 34.2 Å². The first-order chi connectivity index (χ1) is 22.9. The smallest absolute Gasteiger partial charge is 0.338 e. The number of benzene rings is 2. The number of ether oxygens (including phenoxy) is 4. The summed E-state index contributed by atoms with van der Waals surface area (Å²) in [5.74, 6) is -5.63. The number of carbonyl (C=O) groups is 5. The van der Waals surface area contributed by atoms with E-state index in [1.165, 1.54) is 13.8 Å². The molecule has 11 heteroatoms. The molecule has 0 saturated heterocycles. The maximum absolute atomic E-state index is 14.7. The maximum Gasteiger partial charge on any atom is 0.338 e. The number of hydrogen-bond donors (Lipinski definition) is 2. The molecule has 10 unspecified atom stereocenters. The topological polar surface area (TPSA) is 163 Å². The molecule has 0 heterocycles. The number of ketones is 1. The highest BCUT2D eigenvalue weighted by atomic mass is 16.6. The number of carbonyl (C=O) groups excluding carboxylic acids is 5. The fraction of sp³-hybridized carbons (Fsp3) is 0.553. The Balaban J connectivity index is 1.77. The van der Waals surface area contributed by atoms with Crippen LogP contribution in [0.15, 0.2) is 60.7 Å². The molecule has 0 amide bonds. The molecule has 10 atom stereocenters. The van der Waals surface area contributed by atoms with E-state index in [2.05, 4.69) is 0 Å². The molecule has 3 saturated carbocycles. The van der Waals surface area contributed by atoms with E-state index in [0.717, 1.165) is 0 Å². The standard InChI is InChI=1S/C38H46O11/c1-8-36(6)20-25(48-32(42)23-15-11-9-12-16-23)29-37(7)26(19-27(46-21(2)39)38(29,45)34(36)44)35(4,5)30(47-22(3)40)28(41)31(37)49-33(43)24-17-13-10-14-18-24/h9-18,25-31,41,45H,8,19-20H2,1-7H3. The second-order valence-electron chi connectivity index (χ2n) is 14.8. The number of aliphatic hydroxyl groups excluding tert-OH is 1. The fourth-order valence-corrected chi connectivity index (χ4v) is 9.18. The van der Waals surface area contributed by atoms with Crippen LogP contribution in [-0.2, 0) is 33.3 Å². The Kier molecular flexibility index (Phi) is 9.59. The van der Waals surface area contributed by atoms with Gasteiger partial charge in [-0.2, -0.15) is 0 Å². The normalized spacial score (nSPS) is 36.3. The highest BCUT2D eigenvalue weighted by Gasteiger charge is 2.78. The Labute approximate surface area is 286 Å². The van der Waals surface area contributed by atoms with Crippen molar-refractivity contribution in [1.82, 2.24) is 0 Å². The molecule has 5 rings (SSSR count). The first-order valence-corrected chi connectivity index (χ1v) is 16.7. The van der Waals surface area contributed by atoms with Gasteiger partial charge in [0, 0.05) is 36.0 Å². The lowest BCUT2D eigenvalue weighted by Crippen LogP contribution is -2.80. The van der Waals surface area contributed by atoms with Crippen LogP contribution in [0.2, 0.25) is 0 Å². The lowest BCUT2D eigenvalue weighted by molar-refractivity contribution is -0.314. The molecule has 2 aromatic carbocycles. The minimum atomic E-state index is -2.44. The van der Waals surface area contributed by atoms with Crippen LogP contribution in [-0.4, -0.2) is 76.0 Å². The third kappa shape index (κ3) is 5.94. The van der Waals surface area contributed by atoms with E-state index in [1.807, 2.05) is 0 Å². The zero-order chi connectivity index (χ0) is 36.1. The van der Waals surface area contributed by atoms with Crippen molar-refractivity contribution in [2.75, 3.05) is 0 Å². The minimum absolute atomic E-state index is 0.00770. The second-order valence-corrected chi connectivity index (χ2v) is 14.8. The van der Waals surface area contributed by atoms with Gasteiger partial charge in [-0.15, -0.1) is 0 Å². The quantitative estimate of drug-likeness (QED) is 0.314. The van der Waals surface area contributed by atoms with Gasteiger partial charge in [-0.3, -0.25) is 14.4 Å². The summed E-state index contributed by atoms with van der Waals surface area (Å²) in [5.41, 5.74) is -5.88. The molecule has 2 N–H and O–H groups in total. The van der Waals surface area contributed by atoms with E-state index >= 15 is 0 Å². The van der Waals surface area contributed by atoms with Gasteiger partial charge in [-0.25, -0.2) is 9.59 Å². The molecular weight excluding hydrogens is 632 g/mol. The van der Waals surface area contributed by atoms with E-state index in [4.69, 9.17) is 18.9 Å². The van der Waals surface area contributed by atoms with Crippen LogP contribution < -0.4 is 0 Å². The molecule has 264 valence electrons. The molecular formula is C38H46O11. The Hall–Kier alpha value is -4.09. The lowest BCUT2D eigenvalue weighted by Gasteiger charge is -2.69. The van der Waals surface area contributed by atoms with Crippen LogP contribution in [0, 0.1) is 28.1 Å². The summed E-state index contributed by atoms with van der Waals surface area (Å²) in [4.78, 5) is 67.3. The highest BCUT2D eigenvalue weighted by molar-refractivity contribution is 5.95. The van der Waals surface area contributed by atoms with Gasteiger partial charge in [-0.1, -0.05) is 71.0 Å². The number of rotatable bonds is 7. The average molecular weight is 679 g/mol. The molecule has 0 radical (unpaired) electrons. The molecule has 11 nitrogen and oxygen atoms in total.